The minimum Gasteiger partial charge on any atom is -0.355 e. The Morgan fingerprint density at radius 1 is 1.00 bits per heavy atom. The average Bonchev–Trinajstić information content (AvgIpc) is 2.66. The van der Waals surface area contributed by atoms with Crippen LogP contribution in [0.4, 0.5) is 0 Å². The molecular formula is C14H11NO. The third kappa shape index (κ3) is 1.23. The lowest BCUT2D eigenvalue weighted by atomic mass is 10.1. The Morgan fingerprint density at radius 2 is 1.75 bits per heavy atom. The van der Waals surface area contributed by atoms with E-state index in [0.29, 0.717) is 0 Å². The molecule has 0 saturated carbocycles. The van der Waals surface area contributed by atoms with Crippen molar-refractivity contribution in [3.05, 3.63) is 48.0 Å². The zero-order valence-corrected chi connectivity index (χ0v) is 8.95. The van der Waals surface area contributed by atoms with Gasteiger partial charge in [-0.25, -0.2) is 0 Å². The van der Waals surface area contributed by atoms with Crippen LogP contribution in [0.3, 0.4) is 0 Å². The van der Waals surface area contributed by atoms with E-state index in [1.54, 1.807) is 6.92 Å². The second-order valence-corrected chi connectivity index (χ2v) is 3.99. The van der Waals surface area contributed by atoms with Gasteiger partial charge < -0.3 is 4.98 Å². The highest BCUT2D eigenvalue weighted by Gasteiger charge is 2.05. The molecule has 78 valence electrons. The number of fused-ring (bicyclic) bond motifs is 3. The quantitative estimate of drug-likeness (QED) is 0.611. The van der Waals surface area contributed by atoms with Gasteiger partial charge in [-0.2, -0.15) is 0 Å². The zero-order valence-electron chi connectivity index (χ0n) is 8.95. The van der Waals surface area contributed by atoms with E-state index in [-0.39, 0.29) is 5.78 Å². The van der Waals surface area contributed by atoms with Crippen LogP contribution in [0.15, 0.2) is 42.5 Å². The molecule has 3 aromatic rings. The standard InChI is InChI=1S/C14H11NO/c1-9(16)10-6-7-14-12(8-10)11-4-2-3-5-13(11)15-14/h2-8,15H,1H3. The fraction of sp³-hybridized carbons (Fsp3) is 0.0714. The Hall–Kier alpha value is -2.09. The number of benzene rings is 2. The zero-order chi connectivity index (χ0) is 11.1. The van der Waals surface area contributed by atoms with Gasteiger partial charge in [0, 0.05) is 27.4 Å². The number of carbonyl (C=O) groups is 1. The fourth-order valence-electron chi connectivity index (χ4n) is 2.07. The molecule has 0 fully saturated rings. The summed E-state index contributed by atoms with van der Waals surface area (Å²) >= 11 is 0. The molecule has 0 radical (unpaired) electrons. The molecule has 0 unspecified atom stereocenters. The fourth-order valence-corrected chi connectivity index (χ4v) is 2.07. The molecule has 0 bridgehead atoms. The molecule has 16 heavy (non-hydrogen) atoms. The van der Waals surface area contributed by atoms with E-state index in [4.69, 9.17) is 0 Å². The van der Waals surface area contributed by atoms with Gasteiger partial charge in [-0.3, -0.25) is 4.79 Å². The van der Waals surface area contributed by atoms with E-state index in [9.17, 15) is 4.79 Å². The molecule has 0 aliphatic heterocycles. The number of ketones is 1. The van der Waals surface area contributed by atoms with Crippen LogP contribution in [-0.4, -0.2) is 10.8 Å². The van der Waals surface area contributed by atoms with Crippen molar-refractivity contribution < 1.29 is 4.79 Å². The van der Waals surface area contributed by atoms with Crippen molar-refractivity contribution >= 4 is 27.6 Å². The number of para-hydroxylation sites is 1. The van der Waals surface area contributed by atoms with Crippen molar-refractivity contribution in [3.63, 3.8) is 0 Å². The molecule has 0 amide bonds. The van der Waals surface area contributed by atoms with Crippen molar-refractivity contribution in [3.8, 4) is 0 Å². The van der Waals surface area contributed by atoms with Crippen LogP contribution < -0.4 is 0 Å². The topological polar surface area (TPSA) is 32.9 Å². The predicted molar refractivity (Wildman–Crippen MR) is 65.8 cm³/mol. The number of nitrogens with one attached hydrogen (secondary N) is 1. The summed E-state index contributed by atoms with van der Waals surface area (Å²) in [7, 11) is 0. The van der Waals surface area contributed by atoms with E-state index < -0.39 is 0 Å². The first kappa shape index (κ1) is 9.16. The minimum atomic E-state index is 0.104. The highest BCUT2D eigenvalue weighted by Crippen LogP contribution is 2.25. The number of aromatic nitrogens is 1. The first-order valence-electron chi connectivity index (χ1n) is 5.27. The lowest BCUT2D eigenvalue weighted by molar-refractivity contribution is 0.101. The lowest BCUT2D eigenvalue weighted by Crippen LogP contribution is -1.90. The van der Waals surface area contributed by atoms with Crippen LogP contribution in [0, 0.1) is 0 Å². The van der Waals surface area contributed by atoms with E-state index in [1.807, 2.05) is 36.4 Å². The van der Waals surface area contributed by atoms with Gasteiger partial charge in [0.25, 0.3) is 0 Å². The Morgan fingerprint density at radius 3 is 2.56 bits per heavy atom. The van der Waals surface area contributed by atoms with Gasteiger partial charge in [-0.1, -0.05) is 18.2 Å². The maximum absolute atomic E-state index is 11.3. The van der Waals surface area contributed by atoms with Crippen molar-refractivity contribution in [2.24, 2.45) is 0 Å². The molecule has 2 nitrogen and oxygen atoms in total. The average molecular weight is 209 g/mol. The molecule has 0 aliphatic rings. The van der Waals surface area contributed by atoms with Gasteiger partial charge >= 0.3 is 0 Å². The SMILES string of the molecule is CC(=O)c1ccc2[nH]c3ccccc3c2c1. The molecule has 1 aromatic heterocycles. The summed E-state index contributed by atoms with van der Waals surface area (Å²) in [5.41, 5.74) is 2.95. The van der Waals surface area contributed by atoms with Crippen molar-refractivity contribution in [2.45, 2.75) is 6.92 Å². The van der Waals surface area contributed by atoms with Crippen LogP contribution in [0.25, 0.3) is 21.8 Å². The van der Waals surface area contributed by atoms with E-state index in [0.717, 1.165) is 22.0 Å². The lowest BCUT2D eigenvalue weighted by Gasteiger charge is -1.95. The monoisotopic (exact) mass is 209 g/mol. The molecule has 0 atom stereocenters. The Kier molecular flexibility index (Phi) is 1.83. The second kappa shape index (κ2) is 3.20. The first-order valence-corrected chi connectivity index (χ1v) is 5.27. The third-order valence-electron chi connectivity index (χ3n) is 2.91. The normalized spacial score (nSPS) is 11.1. The maximum Gasteiger partial charge on any atom is 0.159 e. The summed E-state index contributed by atoms with van der Waals surface area (Å²) < 4.78 is 0. The molecule has 2 heteroatoms. The highest BCUT2D eigenvalue weighted by molar-refractivity contribution is 6.09. The van der Waals surface area contributed by atoms with E-state index >= 15 is 0 Å². The molecule has 1 heterocycles. The first-order chi connectivity index (χ1) is 7.75. The summed E-state index contributed by atoms with van der Waals surface area (Å²) in [4.78, 5) is 14.7. The van der Waals surface area contributed by atoms with E-state index in [2.05, 4.69) is 11.1 Å². The van der Waals surface area contributed by atoms with Gasteiger partial charge in [-0.15, -0.1) is 0 Å². The Labute approximate surface area is 92.9 Å². The summed E-state index contributed by atoms with van der Waals surface area (Å²) in [5, 5.41) is 2.28. The van der Waals surface area contributed by atoms with Crippen molar-refractivity contribution in [1.29, 1.82) is 0 Å². The Balaban J connectivity index is 2.44. The summed E-state index contributed by atoms with van der Waals surface area (Å²) in [6.45, 7) is 1.59. The van der Waals surface area contributed by atoms with Crippen molar-refractivity contribution in [2.75, 3.05) is 0 Å². The van der Waals surface area contributed by atoms with Gasteiger partial charge in [0.15, 0.2) is 5.78 Å². The number of hydrogen-bond acceptors (Lipinski definition) is 1. The maximum atomic E-state index is 11.3. The van der Waals surface area contributed by atoms with Crippen molar-refractivity contribution in [1.82, 2.24) is 4.98 Å². The van der Waals surface area contributed by atoms with E-state index in [1.165, 1.54) is 5.39 Å². The minimum absolute atomic E-state index is 0.104. The number of rotatable bonds is 1. The second-order valence-electron chi connectivity index (χ2n) is 3.99. The van der Waals surface area contributed by atoms with Crippen LogP contribution in [-0.2, 0) is 0 Å². The van der Waals surface area contributed by atoms with Crippen LogP contribution >= 0.6 is 0 Å². The van der Waals surface area contributed by atoms with Gasteiger partial charge in [-0.05, 0) is 31.2 Å². The number of hydrogen-bond donors (Lipinski definition) is 1. The summed E-state index contributed by atoms with van der Waals surface area (Å²) in [6, 6.07) is 13.9. The van der Waals surface area contributed by atoms with Gasteiger partial charge in [0.1, 0.15) is 0 Å². The molecule has 0 spiro atoms. The predicted octanol–water partition coefficient (Wildman–Crippen LogP) is 3.52. The van der Waals surface area contributed by atoms with Crippen LogP contribution in [0.2, 0.25) is 0 Å². The molecule has 0 aliphatic carbocycles. The third-order valence-corrected chi connectivity index (χ3v) is 2.91. The number of H-pyrrole nitrogens is 1. The molecule has 0 saturated heterocycles. The smallest absolute Gasteiger partial charge is 0.159 e. The highest BCUT2D eigenvalue weighted by atomic mass is 16.1. The summed E-state index contributed by atoms with van der Waals surface area (Å²) in [6.07, 6.45) is 0. The molecule has 3 rings (SSSR count). The molecule has 1 N–H and O–H groups in total. The number of aromatic amines is 1. The largest absolute Gasteiger partial charge is 0.355 e. The van der Waals surface area contributed by atoms with Gasteiger partial charge in [0.2, 0.25) is 0 Å². The van der Waals surface area contributed by atoms with Crippen LogP contribution in [0.5, 0.6) is 0 Å². The number of Topliss-reactive ketones (excluding diaryl/α,β-unsaturated/α-hetero) is 1. The molecular weight excluding hydrogens is 198 g/mol. The van der Waals surface area contributed by atoms with Crippen LogP contribution in [0.1, 0.15) is 17.3 Å². The van der Waals surface area contributed by atoms with Gasteiger partial charge in [0.05, 0.1) is 0 Å². The molecule has 2 aromatic carbocycles. The number of carbonyl (C=O) groups excluding carboxylic acids is 1. The summed E-state index contributed by atoms with van der Waals surface area (Å²) in [5.74, 6) is 0.104. The Bertz CT molecular complexity index is 694.